The maximum Gasteiger partial charge on any atom is 0.303 e. The molecule has 0 aliphatic rings. The Hall–Kier alpha value is -1.91. The lowest BCUT2D eigenvalue weighted by Gasteiger charge is -2.21. The van der Waals surface area contributed by atoms with Crippen LogP contribution in [-0.2, 0) is 16.0 Å². The van der Waals surface area contributed by atoms with E-state index in [2.05, 4.69) is 4.98 Å². The molecule has 0 aliphatic heterocycles. The van der Waals surface area contributed by atoms with Crippen molar-refractivity contribution < 1.29 is 14.7 Å². The smallest absolute Gasteiger partial charge is 0.303 e. The van der Waals surface area contributed by atoms with Crippen LogP contribution in [0.4, 0.5) is 0 Å². The van der Waals surface area contributed by atoms with Crippen molar-refractivity contribution in [3.05, 3.63) is 30.1 Å². The maximum atomic E-state index is 11.9. The molecule has 1 rings (SSSR count). The zero-order chi connectivity index (χ0) is 14.1. The van der Waals surface area contributed by atoms with E-state index in [1.165, 1.54) is 0 Å². The van der Waals surface area contributed by atoms with Gasteiger partial charge in [0, 0.05) is 37.8 Å². The second kappa shape index (κ2) is 8.24. The molecule has 5 heteroatoms. The molecule has 0 radical (unpaired) electrons. The average Bonchev–Trinajstić information content (AvgIpc) is 2.42. The minimum Gasteiger partial charge on any atom is -0.481 e. The monoisotopic (exact) mass is 264 g/mol. The predicted octanol–water partition coefficient (Wildman–Crippen LogP) is 1.73. The fourth-order valence-corrected chi connectivity index (χ4v) is 1.80. The number of hydrogen-bond acceptors (Lipinski definition) is 3. The van der Waals surface area contributed by atoms with Crippen LogP contribution >= 0.6 is 0 Å². The second-order valence-corrected chi connectivity index (χ2v) is 4.35. The lowest BCUT2D eigenvalue weighted by molar-refractivity contribution is -0.140. The van der Waals surface area contributed by atoms with Crippen LogP contribution in [-0.4, -0.2) is 40.0 Å². The van der Waals surface area contributed by atoms with Gasteiger partial charge in [-0.15, -0.1) is 0 Å². The first-order valence-electron chi connectivity index (χ1n) is 6.53. The molecule has 0 spiro atoms. The number of carbonyl (C=O) groups is 2. The SMILES string of the molecule is CCCN(CCc1ccccn1)C(=O)CCC(=O)O. The molecular formula is C14H20N2O3. The van der Waals surface area contributed by atoms with Crippen LogP contribution in [0.3, 0.4) is 0 Å². The van der Waals surface area contributed by atoms with E-state index < -0.39 is 5.97 Å². The molecule has 0 saturated carbocycles. The minimum absolute atomic E-state index is 0.0670. The molecule has 0 saturated heterocycles. The fourth-order valence-electron chi connectivity index (χ4n) is 1.80. The van der Waals surface area contributed by atoms with Crippen LogP contribution in [0.2, 0.25) is 0 Å². The molecular weight excluding hydrogens is 244 g/mol. The average molecular weight is 264 g/mol. The van der Waals surface area contributed by atoms with Gasteiger partial charge in [-0.3, -0.25) is 14.6 Å². The van der Waals surface area contributed by atoms with E-state index in [9.17, 15) is 9.59 Å². The number of carboxylic acid groups (broad SMARTS) is 1. The standard InChI is InChI=1S/C14H20N2O3/c1-2-10-16(13(17)6-7-14(18)19)11-8-12-5-3-4-9-15-12/h3-5,9H,2,6-8,10-11H2,1H3,(H,18,19). The Morgan fingerprint density at radius 2 is 2.05 bits per heavy atom. The summed E-state index contributed by atoms with van der Waals surface area (Å²) in [5.41, 5.74) is 0.939. The third kappa shape index (κ3) is 5.99. The summed E-state index contributed by atoms with van der Waals surface area (Å²) in [6.45, 7) is 3.24. The third-order valence-electron chi connectivity index (χ3n) is 2.76. The van der Waals surface area contributed by atoms with Gasteiger partial charge in [0.25, 0.3) is 0 Å². The van der Waals surface area contributed by atoms with Crippen molar-refractivity contribution in [2.24, 2.45) is 0 Å². The number of amides is 1. The van der Waals surface area contributed by atoms with Crippen LogP contribution in [0.1, 0.15) is 31.9 Å². The van der Waals surface area contributed by atoms with Crippen molar-refractivity contribution in [3.63, 3.8) is 0 Å². The molecule has 0 atom stereocenters. The minimum atomic E-state index is -0.936. The highest BCUT2D eigenvalue weighted by molar-refractivity contribution is 5.80. The molecule has 19 heavy (non-hydrogen) atoms. The molecule has 1 aromatic heterocycles. The quantitative estimate of drug-likeness (QED) is 0.776. The molecule has 0 aliphatic carbocycles. The molecule has 104 valence electrons. The predicted molar refractivity (Wildman–Crippen MR) is 71.7 cm³/mol. The Kier molecular flexibility index (Phi) is 6.57. The molecule has 0 unspecified atom stereocenters. The number of aromatic nitrogens is 1. The van der Waals surface area contributed by atoms with E-state index in [-0.39, 0.29) is 18.7 Å². The topological polar surface area (TPSA) is 70.5 Å². The fraction of sp³-hybridized carbons (Fsp3) is 0.500. The molecule has 0 aromatic carbocycles. The number of nitrogens with zero attached hydrogens (tertiary/aromatic N) is 2. The Morgan fingerprint density at radius 3 is 2.63 bits per heavy atom. The van der Waals surface area contributed by atoms with Crippen molar-refractivity contribution in [3.8, 4) is 0 Å². The van der Waals surface area contributed by atoms with Crippen LogP contribution < -0.4 is 0 Å². The lowest BCUT2D eigenvalue weighted by atomic mass is 10.2. The summed E-state index contributed by atoms with van der Waals surface area (Å²) in [4.78, 5) is 28.3. The van der Waals surface area contributed by atoms with Crippen LogP contribution in [0.15, 0.2) is 24.4 Å². The molecule has 0 bridgehead atoms. The Bertz CT molecular complexity index is 406. The number of carbonyl (C=O) groups excluding carboxylic acids is 1. The summed E-state index contributed by atoms with van der Waals surface area (Å²) >= 11 is 0. The number of pyridine rings is 1. The molecule has 1 N–H and O–H groups in total. The summed E-state index contributed by atoms with van der Waals surface area (Å²) in [7, 11) is 0. The van der Waals surface area contributed by atoms with E-state index >= 15 is 0 Å². The molecule has 1 aromatic rings. The van der Waals surface area contributed by atoms with Crippen molar-refractivity contribution in [2.75, 3.05) is 13.1 Å². The van der Waals surface area contributed by atoms with Gasteiger partial charge in [0.15, 0.2) is 0 Å². The normalized spacial score (nSPS) is 10.2. The highest BCUT2D eigenvalue weighted by Crippen LogP contribution is 2.03. The van der Waals surface area contributed by atoms with E-state index in [4.69, 9.17) is 5.11 Å². The highest BCUT2D eigenvalue weighted by Gasteiger charge is 2.14. The van der Waals surface area contributed by atoms with Crippen LogP contribution in [0.5, 0.6) is 0 Å². The third-order valence-corrected chi connectivity index (χ3v) is 2.76. The van der Waals surface area contributed by atoms with Crippen molar-refractivity contribution in [1.82, 2.24) is 9.88 Å². The van der Waals surface area contributed by atoms with Gasteiger partial charge < -0.3 is 10.0 Å². The Balaban J connectivity index is 2.47. The van der Waals surface area contributed by atoms with Gasteiger partial charge in [-0.05, 0) is 18.6 Å². The number of aliphatic carboxylic acids is 1. The number of carboxylic acids is 1. The zero-order valence-electron chi connectivity index (χ0n) is 11.2. The molecule has 1 amide bonds. The molecule has 1 heterocycles. The van der Waals surface area contributed by atoms with Gasteiger partial charge in [-0.1, -0.05) is 13.0 Å². The number of rotatable bonds is 8. The zero-order valence-corrected chi connectivity index (χ0v) is 11.2. The van der Waals surface area contributed by atoms with Crippen molar-refractivity contribution in [1.29, 1.82) is 0 Å². The first kappa shape index (κ1) is 15.1. The largest absolute Gasteiger partial charge is 0.481 e. The van der Waals surface area contributed by atoms with E-state index in [0.717, 1.165) is 12.1 Å². The summed E-state index contributed by atoms with van der Waals surface area (Å²) in [5.74, 6) is -1.03. The van der Waals surface area contributed by atoms with Crippen LogP contribution in [0, 0.1) is 0 Å². The molecule has 5 nitrogen and oxygen atoms in total. The summed E-state index contributed by atoms with van der Waals surface area (Å²) in [5, 5.41) is 8.60. The first-order valence-corrected chi connectivity index (χ1v) is 6.53. The van der Waals surface area contributed by atoms with E-state index in [1.807, 2.05) is 25.1 Å². The van der Waals surface area contributed by atoms with Crippen molar-refractivity contribution in [2.45, 2.75) is 32.6 Å². The van der Waals surface area contributed by atoms with Gasteiger partial charge >= 0.3 is 5.97 Å². The Morgan fingerprint density at radius 1 is 1.26 bits per heavy atom. The van der Waals surface area contributed by atoms with Gasteiger partial charge in [-0.25, -0.2) is 0 Å². The number of hydrogen-bond donors (Lipinski definition) is 1. The van der Waals surface area contributed by atoms with Gasteiger partial charge in [0.2, 0.25) is 5.91 Å². The summed E-state index contributed by atoms with van der Waals surface area (Å²) < 4.78 is 0. The van der Waals surface area contributed by atoms with Gasteiger partial charge in [0.1, 0.15) is 0 Å². The van der Waals surface area contributed by atoms with Gasteiger partial charge in [0.05, 0.1) is 6.42 Å². The lowest BCUT2D eigenvalue weighted by Crippen LogP contribution is -2.34. The molecule has 0 fully saturated rings. The highest BCUT2D eigenvalue weighted by atomic mass is 16.4. The Labute approximate surface area is 113 Å². The van der Waals surface area contributed by atoms with Crippen LogP contribution in [0.25, 0.3) is 0 Å². The first-order chi connectivity index (χ1) is 9.13. The maximum absolute atomic E-state index is 11.9. The summed E-state index contributed by atoms with van der Waals surface area (Å²) in [6.07, 6.45) is 3.24. The van der Waals surface area contributed by atoms with E-state index in [0.29, 0.717) is 19.5 Å². The second-order valence-electron chi connectivity index (χ2n) is 4.35. The van der Waals surface area contributed by atoms with E-state index in [1.54, 1.807) is 11.1 Å². The van der Waals surface area contributed by atoms with Crippen molar-refractivity contribution >= 4 is 11.9 Å². The summed E-state index contributed by atoms with van der Waals surface area (Å²) in [6, 6.07) is 5.69. The van der Waals surface area contributed by atoms with Gasteiger partial charge in [-0.2, -0.15) is 0 Å².